The third kappa shape index (κ3) is 1.58. The van der Waals surface area contributed by atoms with Gasteiger partial charge in [0.2, 0.25) is 0 Å². The fourth-order valence-electron chi connectivity index (χ4n) is 4.20. The molecule has 0 unspecified atom stereocenters. The van der Waals surface area contributed by atoms with E-state index in [0.717, 1.165) is 5.82 Å². The van der Waals surface area contributed by atoms with Gasteiger partial charge in [-0.25, -0.2) is 4.98 Å². The van der Waals surface area contributed by atoms with Gasteiger partial charge in [-0.05, 0) is 29.3 Å². The zero-order valence-electron chi connectivity index (χ0n) is 13.8. The molecule has 4 aromatic rings. The second-order valence-electron chi connectivity index (χ2n) is 6.93. The van der Waals surface area contributed by atoms with Crippen LogP contribution in [-0.4, -0.2) is 9.55 Å². The fraction of sp³-hybridized carbons (Fsp3) is 0.136. The summed E-state index contributed by atoms with van der Waals surface area (Å²) in [7, 11) is 0. The van der Waals surface area contributed by atoms with Crippen molar-refractivity contribution in [3.8, 4) is 16.9 Å². The number of aromatic nitrogens is 2. The van der Waals surface area contributed by atoms with Crippen molar-refractivity contribution in [3.05, 3.63) is 84.2 Å². The SMILES string of the molecule is CC1(C)c2ccccc2-c2c1n(-c1ccccn1)c1ccccc21. The van der Waals surface area contributed by atoms with Gasteiger partial charge in [0.05, 0.1) is 5.52 Å². The number of fused-ring (bicyclic) bond motifs is 5. The summed E-state index contributed by atoms with van der Waals surface area (Å²) < 4.78 is 2.34. The predicted octanol–water partition coefficient (Wildman–Crippen LogP) is 5.33. The molecule has 2 aromatic heterocycles. The van der Waals surface area contributed by atoms with Crippen LogP contribution < -0.4 is 0 Å². The number of hydrogen-bond acceptors (Lipinski definition) is 1. The third-order valence-corrected chi connectivity index (χ3v) is 5.21. The van der Waals surface area contributed by atoms with E-state index in [1.165, 1.54) is 33.3 Å². The van der Waals surface area contributed by atoms with Crippen molar-refractivity contribution < 1.29 is 0 Å². The lowest BCUT2D eigenvalue weighted by atomic mass is 9.85. The Kier molecular flexibility index (Phi) is 2.58. The first-order valence-electron chi connectivity index (χ1n) is 8.35. The zero-order chi connectivity index (χ0) is 16.3. The molecule has 2 aromatic carbocycles. The molecule has 1 aliphatic rings. The lowest BCUT2D eigenvalue weighted by Gasteiger charge is -2.24. The van der Waals surface area contributed by atoms with Crippen LogP contribution in [0.2, 0.25) is 0 Å². The van der Waals surface area contributed by atoms with E-state index in [1.807, 2.05) is 12.3 Å². The Balaban J connectivity index is 2.00. The summed E-state index contributed by atoms with van der Waals surface area (Å²) in [6, 6.07) is 23.5. The highest BCUT2D eigenvalue weighted by Crippen LogP contribution is 2.53. The maximum Gasteiger partial charge on any atom is 0.137 e. The van der Waals surface area contributed by atoms with Crippen molar-refractivity contribution in [2.75, 3.05) is 0 Å². The molecule has 2 heterocycles. The van der Waals surface area contributed by atoms with Crippen LogP contribution in [0.4, 0.5) is 0 Å². The summed E-state index contributed by atoms with van der Waals surface area (Å²) in [6.07, 6.45) is 1.87. The van der Waals surface area contributed by atoms with Crippen molar-refractivity contribution in [2.45, 2.75) is 19.3 Å². The normalized spacial score (nSPS) is 14.6. The fourth-order valence-corrected chi connectivity index (χ4v) is 4.20. The number of benzene rings is 2. The van der Waals surface area contributed by atoms with E-state index in [-0.39, 0.29) is 5.41 Å². The number of hydrogen-bond donors (Lipinski definition) is 0. The van der Waals surface area contributed by atoms with E-state index in [9.17, 15) is 0 Å². The Morgan fingerprint density at radius 1 is 0.833 bits per heavy atom. The Labute approximate surface area is 141 Å². The van der Waals surface area contributed by atoms with E-state index in [1.54, 1.807) is 0 Å². The average molecular weight is 310 g/mol. The molecule has 0 fully saturated rings. The molecule has 0 amide bonds. The first-order chi connectivity index (χ1) is 11.7. The van der Waals surface area contributed by atoms with Crippen LogP contribution in [0.15, 0.2) is 72.9 Å². The van der Waals surface area contributed by atoms with Crippen LogP contribution in [0.5, 0.6) is 0 Å². The molecule has 0 saturated heterocycles. The quantitative estimate of drug-likeness (QED) is 0.464. The third-order valence-electron chi connectivity index (χ3n) is 5.21. The molecule has 0 bridgehead atoms. The van der Waals surface area contributed by atoms with Crippen molar-refractivity contribution in [3.63, 3.8) is 0 Å². The summed E-state index contributed by atoms with van der Waals surface area (Å²) in [5.41, 5.74) is 6.61. The number of nitrogens with zero attached hydrogens (tertiary/aromatic N) is 2. The van der Waals surface area contributed by atoms with Gasteiger partial charge in [0.1, 0.15) is 5.82 Å². The number of rotatable bonds is 1. The van der Waals surface area contributed by atoms with Crippen LogP contribution in [-0.2, 0) is 5.41 Å². The van der Waals surface area contributed by atoms with E-state index < -0.39 is 0 Å². The minimum absolute atomic E-state index is 0.0531. The Hall–Kier alpha value is -2.87. The smallest absolute Gasteiger partial charge is 0.137 e. The highest BCUT2D eigenvalue weighted by atomic mass is 15.1. The average Bonchev–Trinajstić information content (AvgIpc) is 3.08. The first kappa shape index (κ1) is 13.6. The Bertz CT molecular complexity index is 1060. The maximum absolute atomic E-state index is 4.64. The van der Waals surface area contributed by atoms with Crippen LogP contribution in [0.1, 0.15) is 25.1 Å². The predicted molar refractivity (Wildman–Crippen MR) is 98.6 cm³/mol. The van der Waals surface area contributed by atoms with Gasteiger partial charge < -0.3 is 0 Å². The summed E-state index contributed by atoms with van der Waals surface area (Å²) in [5, 5.41) is 1.30. The monoisotopic (exact) mass is 310 g/mol. The van der Waals surface area contributed by atoms with Crippen LogP contribution in [0.3, 0.4) is 0 Å². The molecule has 24 heavy (non-hydrogen) atoms. The van der Waals surface area contributed by atoms with Crippen molar-refractivity contribution in [1.82, 2.24) is 9.55 Å². The molecule has 0 atom stereocenters. The summed E-state index contributed by atoms with van der Waals surface area (Å²) >= 11 is 0. The largest absolute Gasteiger partial charge is 0.297 e. The van der Waals surface area contributed by atoms with Gasteiger partial charge in [0, 0.05) is 28.3 Å². The Morgan fingerprint density at radius 2 is 1.58 bits per heavy atom. The zero-order valence-corrected chi connectivity index (χ0v) is 13.8. The molecule has 0 aliphatic heterocycles. The summed E-state index contributed by atoms with van der Waals surface area (Å²) in [5.74, 6) is 0.982. The van der Waals surface area contributed by atoms with Crippen LogP contribution in [0, 0.1) is 0 Å². The van der Waals surface area contributed by atoms with Gasteiger partial charge >= 0.3 is 0 Å². The van der Waals surface area contributed by atoms with Crippen LogP contribution in [0.25, 0.3) is 27.8 Å². The molecule has 0 spiro atoms. The minimum Gasteiger partial charge on any atom is -0.297 e. The standard InChI is InChI=1S/C22H18N2/c1-22(2)17-11-5-3-9-15(17)20-16-10-4-6-12-18(16)24(21(20)22)19-13-7-8-14-23-19/h3-14H,1-2H3. The van der Waals surface area contributed by atoms with Crippen LogP contribution >= 0.6 is 0 Å². The molecular formula is C22H18N2. The second kappa shape index (κ2) is 4.57. The van der Waals surface area contributed by atoms with E-state index >= 15 is 0 Å². The summed E-state index contributed by atoms with van der Waals surface area (Å²) in [4.78, 5) is 4.64. The first-order valence-corrected chi connectivity index (χ1v) is 8.35. The van der Waals surface area contributed by atoms with Crippen molar-refractivity contribution in [1.29, 1.82) is 0 Å². The van der Waals surface area contributed by atoms with Gasteiger partial charge in [0.25, 0.3) is 0 Å². The molecule has 116 valence electrons. The molecule has 5 rings (SSSR count). The topological polar surface area (TPSA) is 17.8 Å². The number of pyridine rings is 1. The lowest BCUT2D eigenvalue weighted by molar-refractivity contribution is 0.621. The van der Waals surface area contributed by atoms with Crippen molar-refractivity contribution >= 4 is 10.9 Å². The van der Waals surface area contributed by atoms with Gasteiger partial charge in [-0.1, -0.05) is 62.4 Å². The summed E-state index contributed by atoms with van der Waals surface area (Å²) in [6.45, 7) is 4.63. The highest BCUT2D eigenvalue weighted by molar-refractivity contribution is 6.03. The van der Waals surface area contributed by atoms with Gasteiger partial charge in [-0.3, -0.25) is 4.57 Å². The van der Waals surface area contributed by atoms with E-state index in [4.69, 9.17) is 0 Å². The van der Waals surface area contributed by atoms with E-state index in [0.29, 0.717) is 0 Å². The molecule has 0 saturated carbocycles. The molecule has 1 aliphatic carbocycles. The van der Waals surface area contributed by atoms with Gasteiger partial charge in [-0.15, -0.1) is 0 Å². The molecule has 2 heteroatoms. The molecule has 0 radical (unpaired) electrons. The highest BCUT2D eigenvalue weighted by Gasteiger charge is 2.40. The second-order valence-corrected chi connectivity index (χ2v) is 6.93. The minimum atomic E-state index is -0.0531. The van der Waals surface area contributed by atoms with Gasteiger partial charge in [-0.2, -0.15) is 0 Å². The molecule has 0 N–H and O–H groups in total. The molecule has 2 nitrogen and oxygen atoms in total. The lowest BCUT2D eigenvalue weighted by Crippen LogP contribution is -2.20. The molecular weight excluding hydrogens is 292 g/mol. The van der Waals surface area contributed by atoms with E-state index in [2.05, 4.69) is 84.1 Å². The van der Waals surface area contributed by atoms with Crippen molar-refractivity contribution in [2.24, 2.45) is 0 Å². The number of para-hydroxylation sites is 1. The Morgan fingerprint density at radius 3 is 2.42 bits per heavy atom. The maximum atomic E-state index is 4.64. The van der Waals surface area contributed by atoms with Gasteiger partial charge in [0.15, 0.2) is 0 Å².